The molecule has 20 heavy (non-hydrogen) atoms. The van der Waals surface area contributed by atoms with E-state index in [1.54, 1.807) is 0 Å². The zero-order valence-corrected chi connectivity index (χ0v) is 11.5. The molecule has 0 unspecified atom stereocenters. The van der Waals surface area contributed by atoms with Gasteiger partial charge in [0.25, 0.3) is 5.91 Å². The van der Waals surface area contributed by atoms with Crippen LogP contribution < -0.4 is 11.1 Å². The number of amides is 1. The minimum atomic E-state index is -0.0346. The van der Waals surface area contributed by atoms with E-state index < -0.39 is 0 Å². The Hall–Kier alpha value is -2.29. The van der Waals surface area contributed by atoms with Gasteiger partial charge in [0.15, 0.2) is 0 Å². The van der Waals surface area contributed by atoms with Crippen molar-refractivity contribution >= 4 is 11.6 Å². The Balaban J connectivity index is 1.74. The average Bonchev–Trinajstić information content (AvgIpc) is 2.83. The van der Waals surface area contributed by atoms with Crippen LogP contribution in [0.3, 0.4) is 0 Å². The first kappa shape index (κ1) is 12.7. The molecule has 2 aromatic carbocycles. The zero-order chi connectivity index (χ0) is 14.1. The number of rotatable bonds is 2. The third-order valence-electron chi connectivity index (χ3n) is 4.01. The topological polar surface area (TPSA) is 55.1 Å². The Morgan fingerprint density at radius 3 is 2.40 bits per heavy atom. The summed E-state index contributed by atoms with van der Waals surface area (Å²) in [6.45, 7) is 1.88. The molecule has 3 nitrogen and oxygen atoms in total. The Morgan fingerprint density at radius 1 is 1.10 bits per heavy atom. The number of nitrogen functional groups attached to an aromatic ring is 1. The van der Waals surface area contributed by atoms with Crippen molar-refractivity contribution in [3.05, 3.63) is 64.7 Å². The van der Waals surface area contributed by atoms with Gasteiger partial charge in [-0.05, 0) is 48.6 Å². The average molecular weight is 266 g/mol. The molecule has 1 amide bonds. The van der Waals surface area contributed by atoms with Crippen LogP contribution in [-0.4, -0.2) is 11.9 Å². The van der Waals surface area contributed by atoms with E-state index >= 15 is 0 Å². The molecule has 0 bridgehead atoms. The van der Waals surface area contributed by atoms with E-state index in [2.05, 4.69) is 17.4 Å². The SMILES string of the molecule is Cc1c(N)cccc1C(=O)NC1Cc2ccccc2C1. The van der Waals surface area contributed by atoms with Gasteiger partial charge in [-0.3, -0.25) is 4.79 Å². The van der Waals surface area contributed by atoms with E-state index in [4.69, 9.17) is 5.73 Å². The first-order valence-electron chi connectivity index (χ1n) is 6.88. The van der Waals surface area contributed by atoms with Crippen LogP contribution in [0.1, 0.15) is 27.0 Å². The summed E-state index contributed by atoms with van der Waals surface area (Å²) in [5.41, 5.74) is 10.7. The molecule has 0 saturated carbocycles. The summed E-state index contributed by atoms with van der Waals surface area (Å²) in [7, 11) is 0. The standard InChI is InChI=1S/C17H18N2O/c1-11-15(7-4-8-16(11)18)17(20)19-14-9-12-5-2-3-6-13(12)10-14/h2-8,14H,9-10,18H2,1H3,(H,19,20). The predicted molar refractivity (Wildman–Crippen MR) is 80.7 cm³/mol. The highest BCUT2D eigenvalue weighted by molar-refractivity contribution is 5.97. The maximum Gasteiger partial charge on any atom is 0.251 e. The molecular weight excluding hydrogens is 248 g/mol. The molecule has 1 aliphatic rings. The molecule has 0 atom stereocenters. The molecule has 0 aromatic heterocycles. The predicted octanol–water partition coefficient (Wildman–Crippen LogP) is 2.47. The lowest BCUT2D eigenvalue weighted by molar-refractivity contribution is 0.0938. The van der Waals surface area contributed by atoms with Gasteiger partial charge in [0.1, 0.15) is 0 Å². The minimum absolute atomic E-state index is 0.0346. The van der Waals surface area contributed by atoms with Crippen molar-refractivity contribution in [1.82, 2.24) is 5.32 Å². The summed E-state index contributed by atoms with van der Waals surface area (Å²) >= 11 is 0. The Morgan fingerprint density at radius 2 is 1.75 bits per heavy atom. The molecule has 0 spiro atoms. The number of hydrogen-bond donors (Lipinski definition) is 2. The van der Waals surface area contributed by atoms with Crippen LogP contribution in [-0.2, 0) is 12.8 Å². The number of benzene rings is 2. The van der Waals surface area contributed by atoms with Crippen molar-refractivity contribution in [3.8, 4) is 0 Å². The molecule has 0 radical (unpaired) electrons. The fourth-order valence-corrected chi connectivity index (χ4v) is 2.82. The van der Waals surface area contributed by atoms with Crippen LogP contribution in [0.5, 0.6) is 0 Å². The van der Waals surface area contributed by atoms with Gasteiger partial charge < -0.3 is 11.1 Å². The van der Waals surface area contributed by atoms with Crippen molar-refractivity contribution in [2.24, 2.45) is 0 Å². The molecule has 2 aromatic rings. The van der Waals surface area contributed by atoms with Crippen LogP contribution in [0.2, 0.25) is 0 Å². The van der Waals surface area contributed by atoms with Crippen molar-refractivity contribution in [3.63, 3.8) is 0 Å². The fourth-order valence-electron chi connectivity index (χ4n) is 2.82. The van der Waals surface area contributed by atoms with Gasteiger partial charge in [-0.15, -0.1) is 0 Å². The molecule has 3 rings (SSSR count). The molecule has 0 aliphatic heterocycles. The van der Waals surface area contributed by atoms with E-state index in [9.17, 15) is 4.79 Å². The summed E-state index contributed by atoms with van der Waals surface area (Å²) in [5.74, 6) is -0.0346. The second kappa shape index (κ2) is 5.00. The van der Waals surface area contributed by atoms with Gasteiger partial charge >= 0.3 is 0 Å². The Labute approximate surface area is 118 Å². The molecule has 0 fully saturated rings. The van der Waals surface area contributed by atoms with Gasteiger partial charge in [0.05, 0.1) is 0 Å². The molecule has 1 aliphatic carbocycles. The highest BCUT2D eigenvalue weighted by Gasteiger charge is 2.23. The van der Waals surface area contributed by atoms with Crippen LogP contribution in [0, 0.1) is 6.92 Å². The lowest BCUT2D eigenvalue weighted by Gasteiger charge is -2.14. The fraction of sp³-hybridized carbons (Fsp3) is 0.235. The highest BCUT2D eigenvalue weighted by atomic mass is 16.1. The van der Waals surface area contributed by atoms with E-state index in [0.29, 0.717) is 11.3 Å². The first-order chi connectivity index (χ1) is 9.65. The van der Waals surface area contributed by atoms with Crippen molar-refractivity contribution in [1.29, 1.82) is 0 Å². The van der Waals surface area contributed by atoms with E-state index in [1.165, 1.54) is 11.1 Å². The second-order valence-electron chi connectivity index (χ2n) is 5.37. The summed E-state index contributed by atoms with van der Waals surface area (Å²) in [6, 6.07) is 14.0. The normalized spacial score (nSPS) is 14.1. The largest absolute Gasteiger partial charge is 0.398 e. The number of carbonyl (C=O) groups is 1. The van der Waals surface area contributed by atoms with E-state index in [1.807, 2.05) is 37.3 Å². The third kappa shape index (κ3) is 2.27. The monoisotopic (exact) mass is 266 g/mol. The minimum Gasteiger partial charge on any atom is -0.398 e. The number of fused-ring (bicyclic) bond motifs is 1. The molecule has 0 saturated heterocycles. The molecule has 3 heteroatoms. The smallest absolute Gasteiger partial charge is 0.251 e. The van der Waals surface area contributed by atoms with Gasteiger partial charge in [-0.2, -0.15) is 0 Å². The lowest BCUT2D eigenvalue weighted by atomic mass is 10.1. The first-order valence-corrected chi connectivity index (χ1v) is 6.88. The number of hydrogen-bond acceptors (Lipinski definition) is 2. The molecule has 3 N–H and O–H groups in total. The van der Waals surface area contributed by atoms with Gasteiger partial charge in [-0.25, -0.2) is 0 Å². The van der Waals surface area contributed by atoms with Crippen molar-refractivity contribution < 1.29 is 4.79 Å². The summed E-state index contributed by atoms with van der Waals surface area (Å²) in [4.78, 5) is 12.4. The Kier molecular flexibility index (Phi) is 3.18. The summed E-state index contributed by atoms with van der Waals surface area (Å²) in [5, 5.41) is 3.12. The lowest BCUT2D eigenvalue weighted by Crippen LogP contribution is -2.35. The van der Waals surface area contributed by atoms with Gasteiger partial charge in [0.2, 0.25) is 0 Å². The number of carbonyl (C=O) groups excluding carboxylic acids is 1. The molecule has 0 heterocycles. The van der Waals surface area contributed by atoms with Crippen LogP contribution in [0.15, 0.2) is 42.5 Å². The van der Waals surface area contributed by atoms with Crippen LogP contribution in [0.25, 0.3) is 0 Å². The maximum atomic E-state index is 12.4. The maximum absolute atomic E-state index is 12.4. The van der Waals surface area contributed by atoms with E-state index in [0.717, 1.165) is 18.4 Å². The highest BCUT2D eigenvalue weighted by Crippen LogP contribution is 2.22. The zero-order valence-electron chi connectivity index (χ0n) is 11.5. The van der Waals surface area contributed by atoms with Crippen LogP contribution >= 0.6 is 0 Å². The van der Waals surface area contributed by atoms with Gasteiger partial charge in [-0.1, -0.05) is 30.3 Å². The molecule has 102 valence electrons. The molecular formula is C17H18N2O. The van der Waals surface area contributed by atoms with Crippen molar-refractivity contribution in [2.75, 3.05) is 5.73 Å². The summed E-state index contributed by atoms with van der Waals surface area (Å²) in [6.07, 6.45) is 1.81. The summed E-state index contributed by atoms with van der Waals surface area (Å²) < 4.78 is 0. The van der Waals surface area contributed by atoms with E-state index in [-0.39, 0.29) is 11.9 Å². The quantitative estimate of drug-likeness (QED) is 0.820. The van der Waals surface area contributed by atoms with Crippen molar-refractivity contribution in [2.45, 2.75) is 25.8 Å². The number of nitrogens with two attached hydrogens (primary N) is 1. The third-order valence-corrected chi connectivity index (χ3v) is 4.01. The number of nitrogens with one attached hydrogen (secondary N) is 1. The Bertz CT molecular complexity index is 639. The second-order valence-corrected chi connectivity index (χ2v) is 5.37. The number of anilines is 1. The van der Waals surface area contributed by atoms with Crippen LogP contribution in [0.4, 0.5) is 5.69 Å². The van der Waals surface area contributed by atoms with Gasteiger partial charge in [0, 0.05) is 17.3 Å².